The molecule has 102 valence electrons. The Labute approximate surface area is 114 Å². The standard InChI is InChI=1S/C16H20FNO/c1-18(15-6-2-3-7-15)12-14-9-8-13(5-4-10-19)11-16(14)17/h8-9,11,15,19H,2-3,6-7,10,12H2,1H3. The van der Waals surface area contributed by atoms with E-state index in [2.05, 4.69) is 23.8 Å². The summed E-state index contributed by atoms with van der Waals surface area (Å²) >= 11 is 0. The number of nitrogens with zero attached hydrogens (tertiary/aromatic N) is 1. The predicted octanol–water partition coefficient (Wildman–Crippen LogP) is 2.54. The van der Waals surface area contributed by atoms with E-state index in [9.17, 15) is 4.39 Å². The second kappa shape index (κ2) is 6.70. The van der Waals surface area contributed by atoms with Crippen molar-refractivity contribution in [3.63, 3.8) is 0 Å². The molecule has 19 heavy (non-hydrogen) atoms. The first kappa shape index (κ1) is 14.0. The minimum Gasteiger partial charge on any atom is -0.384 e. The average Bonchev–Trinajstić information content (AvgIpc) is 2.93. The Kier molecular flexibility index (Phi) is 4.95. The first-order valence-corrected chi connectivity index (χ1v) is 6.79. The van der Waals surface area contributed by atoms with Crippen LogP contribution in [0.1, 0.15) is 36.8 Å². The predicted molar refractivity (Wildman–Crippen MR) is 74.1 cm³/mol. The summed E-state index contributed by atoms with van der Waals surface area (Å²) in [7, 11) is 2.06. The highest BCUT2D eigenvalue weighted by Crippen LogP contribution is 2.24. The van der Waals surface area contributed by atoms with E-state index in [-0.39, 0.29) is 12.4 Å². The van der Waals surface area contributed by atoms with Gasteiger partial charge in [0, 0.05) is 23.7 Å². The van der Waals surface area contributed by atoms with Crippen molar-refractivity contribution in [3.8, 4) is 11.8 Å². The van der Waals surface area contributed by atoms with E-state index in [1.165, 1.54) is 31.7 Å². The van der Waals surface area contributed by atoms with Gasteiger partial charge in [0.25, 0.3) is 0 Å². The van der Waals surface area contributed by atoms with Crippen molar-refractivity contribution in [1.29, 1.82) is 0 Å². The quantitative estimate of drug-likeness (QED) is 0.845. The van der Waals surface area contributed by atoms with Gasteiger partial charge in [0.1, 0.15) is 12.4 Å². The highest BCUT2D eigenvalue weighted by atomic mass is 19.1. The molecular formula is C16H20FNO. The molecule has 0 radical (unpaired) electrons. The highest BCUT2D eigenvalue weighted by Gasteiger charge is 2.20. The van der Waals surface area contributed by atoms with Gasteiger partial charge in [-0.2, -0.15) is 0 Å². The van der Waals surface area contributed by atoms with E-state index >= 15 is 0 Å². The third kappa shape index (κ3) is 3.79. The van der Waals surface area contributed by atoms with Gasteiger partial charge in [-0.15, -0.1) is 0 Å². The van der Waals surface area contributed by atoms with Crippen LogP contribution < -0.4 is 0 Å². The molecule has 3 heteroatoms. The molecule has 0 saturated heterocycles. The Hall–Kier alpha value is -1.37. The van der Waals surface area contributed by atoms with Gasteiger partial charge < -0.3 is 5.11 Å². The zero-order valence-corrected chi connectivity index (χ0v) is 11.3. The van der Waals surface area contributed by atoms with Crippen LogP contribution in [0, 0.1) is 17.7 Å². The normalized spacial score (nSPS) is 15.6. The Bertz CT molecular complexity index is 483. The van der Waals surface area contributed by atoms with Crippen LogP contribution in [0.4, 0.5) is 4.39 Å². The smallest absolute Gasteiger partial charge is 0.128 e. The van der Waals surface area contributed by atoms with Gasteiger partial charge in [-0.05, 0) is 32.0 Å². The van der Waals surface area contributed by atoms with Crippen molar-refractivity contribution in [2.45, 2.75) is 38.3 Å². The summed E-state index contributed by atoms with van der Waals surface area (Å²) in [6.45, 7) is 0.442. The summed E-state index contributed by atoms with van der Waals surface area (Å²) in [5.74, 6) is 5.03. The monoisotopic (exact) mass is 261 g/mol. The van der Waals surface area contributed by atoms with Crippen LogP contribution in [0.25, 0.3) is 0 Å². The third-order valence-corrected chi connectivity index (χ3v) is 3.73. The second-order valence-electron chi connectivity index (χ2n) is 5.12. The van der Waals surface area contributed by atoms with Crippen molar-refractivity contribution >= 4 is 0 Å². The molecule has 0 unspecified atom stereocenters. The summed E-state index contributed by atoms with van der Waals surface area (Å²) in [6.07, 6.45) is 5.01. The number of aliphatic hydroxyl groups excluding tert-OH is 1. The maximum absolute atomic E-state index is 14.0. The molecule has 0 atom stereocenters. The molecule has 1 aromatic carbocycles. The van der Waals surface area contributed by atoms with Crippen LogP contribution in [-0.2, 0) is 6.54 Å². The first-order chi connectivity index (χ1) is 9.20. The Morgan fingerprint density at radius 3 is 2.74 bits per heavy atom. The zero-order valence-electron chi connectivity index (χ0n) is 11.3. The first-order valence-electron chi connectivity index (χ1n) is 6.79. The fraction of sp³-hybridized carbons (Fsp3) is 0.500. The van der Waals surface area contributed by atoms with E-state index in [1.807, 2.05) is 6.07 Å². The topological polar surface area (TPSA) is 23.5 Å². The van der Waals surface area contributed by atoms with E-state index in [4.69, 9.17) is 5.11 Å². The van der Waals surface area contributed by atoms with Crippen molar-refractivity contribution < 1.29 is 9.50 Å². The maximum atomic E-state index is 14.0. The molecule has 1 aromatic rings. The van der Waals surface area contributed by atoms with E-state index in [1.54, 1.807) is 6.07 Å². The van der Waals surface area contributed by atoms with E-state index in [0.717, 1.165) is 0 Å². The lowest BCUT2D eigenvalue weighted by atomic mass is 10.1. The molecule has 0 heterocycles. The minimum absolute atomic E-state index is 0.201. The summed E-state index contributed by atoms with van der Waals surface area (Å²) in [4.78, 5) is 2.24. The summed E-state index contributed by atoms with van der Waals surface area (Å²) in [5.41, 5.74) is 1.32. The molecule has 1 aliphatic rings. The molecule has 1 fully saturated rings. The van der Waals surface area contributed by atoms with Crippen molar-refractivity contribution in [2.75, 3.05) is 13.7 Å². The molecular weight excluding hydrogens is 241 g/mol. The number of hydrogen-bond acceptors (Lipinski definition) is 2. The van der Waals surface area contributed by atoms with Gasteiger partial charge in [0.2, 0.25) is 0 Å². The summed E-state index contributed by atoms with van der Waals surface area (Å²) in [5, 5.41) is 8.62. The fourth-order valence-corrected chi connectivity index (χ4v) is 2.64. The molecule has 1 aliphatic carbocycles. The number of halogens is 1. The van der Waals surface area contributed by atoms with E-state index in [0.29, 0.717) is 23.7 Å². The summed E-state index contributed by atoms with van der Waals surface area (Å²) < 4.78 is 14.0. The SMILES string of the molecule is CN(Cc1ccc(C#CCO)cc1F)C1CCCC1. The van der Waals surface area contributed by atoms with Crippen molar-refractivity contribution in [3.05, 3.63) is 35.1 Å². The Balaban J connectivity index is 2.04. The van der Waals surface area contributed by atoms with Gasteiger partial charge in [-0.25, -0.2) is 4.39 Å². The van der Waals surface area contributed by atoms with Gasteiger partial charge in [0.05, 0.1) is 0 Å². The second-order valence-corrected chi connectivity index (χ2v) is 5.12. The zero-order chi connectivity index (χ0) is 13.7. The number of aliphatic hydroxyl groups is 1. The van der Waals surface area contributed by atoms with Gasteiger partial charge in [-0.3, -0.25) is 4.90 Å². The molecule has 0 aliphatic heterocycles. The molecule has 2 nitrogen and oxygen atoms in total. The van der Waals surface area contributed by atoms with Crippen LogP contribution in [-0.4, -0.2) is 29.7 Å². The molecule has 0 aromatic heterocycles. The molecule has 2 rings (SSSR count). The minimum atomic E-state index is -0.213. The Morgan fingerprint density at radius 1 is 1.37 bits per heavy atom. The summed E-state index contributed by atoms with van der Waals surface area (Å²) in [6, 6.07) is 5.64. The molecule has 0 spiro atoms. The largest absolute Gasteiger partial charge is 0.384 e. The van der Waals surface area contributed by atoms with E-state index < -0.39 is 0 Å². The van der Waals surface area contributed by atoms with Gasteiger partial charge in [-0.1, -0.05) is 30.7 Å². The van der Waals surface area contributed by atoms with Crippen molar-refractivity contribution in [2.24, 2.45) is 0 Å². The number of rotatable bonds is 3. The van der Waals surface area contributed by atoms with Crippen LogP contribution in [0.2, 0.25) is 0 Å². The van der Waals surface area contributed by atoms with Crippen molar-refractivity contribution in [1.82, 2.24) is 4.90 Å². The molecule has 1 saturated carbocycles. The molecule has 0 amide bonds. The maximum Gasteiger partial charge on any atom is 0.128 e. The lowest BCUT2D eigenvalue weighted by Gasteiger charge is -2.24. The highest BCUT2D eigenvalue weighted by molar-refractivity contribution is 5.37. The fourth-order valence-electron chi connectivity index (χ4n) is 2.64. The van der Waals surface area contributed by atoms with Gasteiger partial charge in [0.15, 0.2) is 0 Å². The van der Waals surface area contributed by atoms with Crippen LogP contribution >= 0.6 is 0 Å². The van der Waals surface area contributed by atoms with Gasteiger partial charge >= 0.3 is 0 Å². The Morgan fingerprint density at radius 2 is 2.11 bits per heavy atom. The van der Waals surface area contributed by atoms with Crippen LogP contribution in [0.15, 0.2) is 18.2 Å². The van der Waals surface area contributed by atoms with Crippen LogP contribution in [0.3, 0.4) is 0 Å². The lowest BCUT2D eigenvalue weighted by molar-refractivity contribution is 0.234. The lowest BCUT2D eigenvalue weighted by Crippen LogP contribution is -2.28. The van der Waals surface area contributed by atoms with Crippen LogP contribution in [0.5, 0.6) is 0 Å². The third-order valence-electron chi connectivity index (χ3n) is 3.73. The molecule has 1 N–H and O–H groups in total. The average molecular weight is 261 g/mol. The number of hydrogen-bond donors (Lipinski definition) is 1. The molecule has 0 bridgehead atoms. The number of benzene rings is 1.